The fraction of sp³-hybridized carbons (Fsp3) is 0.962. The van der Waals surface area contributed by atoms with Crippen molar-refractivity contribution in [3.05, 3.63) is 0 Å². The van der Waals surface area contributed by atoms with E-state index in [-0.39, 0.29) is 5.97 Å². The molecule has 0 amide bonds. The smallest absolute Gasteiger partial charge is 0.305 e. The molecule has 4 fully saturated rings. The monoisotopic (exact) mass is 404 g/mol. The summed E-state index contributed by atoms with van der Waals surface area (Å²) < 4.78 is 10.7. The molecule has 4 saturated carbocycles. The van der Waals surface area contributed by atoms with Gasteiger partial charge in [-0.2, -0.15) is 0 Å². The van der Waals surface area contributed by atoms with Crippen molar-refractivity contribution in [2.45, 2.75) is 97.5 Å². The fourth-order valence-corrected chi connectivity index (χ4v) is 9.06. The van der Waals surface area contributed by atoms with Crippen LogP contribution in [0, 0.1) is 46.3 Å². The predicted octanol–water partition coefficient (Wildman–Crippen LogP) is 6.25. The lowest BCUT2D eigenvalue weighted by Gasteiger charge is -2.61. The number of ether oxygens (including phenoxy) is 2. The molecule has 3 heteroatoms. The van der Waals surface area contributed by atoms with Gasteiger partial charge in [-0.1, -0.05) is 20.8 Å². The van der Waals surface area contributed by atoms with Crippen molar-refractivity contribution in [3.63, 3.8) is 0 Å². The minimum absolute atomic E-state index is 0.0434. The van der Waals surface area contributed by atoms with Crippen molar-refractivity contribution in [3.8, 4) is 0 Å². The SMILES string of the molecule is COC(=O)CC[C@@H](C)[C@H]1CC[C@H]2[C@@H]3CCC4C[C@H](OC)CC[C@]4(C)[C@H]3CC[C@]12C. The van der Waals surface area contributed by atoms with Crippen LogP contribution in [-0.4, -0.2) is 26.3 Å². The molecule has 0 radical (unpaired) electrons. The summed E-state index contributed by atoms with van der Waals surface area (Å²) in [6.45, 7) is 7.67. The molecule has 1 unspecified atom stereocenters. The second kappa shape index (κ2) is 8.17. The maximum Gasteiger partial charge on any atom is 0.305 e. The Kier molecular flexibility index (Phi) is 6.10. The maximum absolute atomic E-state index is 11.7. The van der Waals surface area contributed by atoms with Gasteiger partial charge < -0.3 is 9.47 Å². The van der Waals surface area contributed by atoms with Gasteiger partial charge >= 0.3 is 5.97 Å². The van der Waals surface area contributed by atoms with E-state index in [4.69, 9.17) is 9.47 Å². The van der Waals surface area contributed by atoms with Crippen molar-refractivity contribution < 1.29 is 14.3 Å². The average Bonchev–Trinajstić information content (AvgIpc) is 3.08. The van der Waals surface area contributed by atoms with Crippen molar-refractivity contribution in [2.75, 3.05) is 14.2 Å². The normalized spacial score (nSPS) is 47.6. The lowest BCUT2D eigenvalue weighted by atomic mass is 9.44. The van der Waals surface area contributed by atoms with E-state index in [1.165, 1.54) is 64.9 Å². The molecule has 0 N–H and O–H groups in total. The molecule has 3 nitrogen and oxygen atoms in total. The number of carbonyl (C=O) groups excluding carboxylic acids is 1. The first-order chi connectivity index (χ1) is 13.8. The lowest BCUT2D eigenvalue weighted by molar-refractivity contribution is -0.141. The molecule has 0 aliphatic heterocycles. The fourth-order valence-electron chi connectivity index (χ4n) is 9.06. The Morgan fingerprint density at radius 3 is 2.41 bits per heavy atom. The Hall–Kier alpha value is -0.570. The Balaban J connectivity index is 1.47. The first kappa shape index (κ1) is 21.7. The summed E-state index contributed by atoms with van der Waals surface area (Å²) in [4.78, 5) is 11.7. The zero-order chi connectivity index (χ0) is 20.8. The largest absolute Gasteiger partial charge is 0.469 e. The Morgan fingerprint density at radius 1 is 0.966 bits per heavy atom. The van der Waals surface area contributed by atoms with Crippen molar-refractivity contribution >= 4 is 5.97 Å². The van der Waals surface area contributed by atoms with Crippen LogP contribution in [0.15, 0.2) is 0 Å². The minimum atomic E-state index is -0.0434. The summed E-state index contributed by atoms with van der Waals surface area (Å²) in [7, 11) is 3.42. The van der Waals surface area contributed by atoms with E-state index < -0.39 is 0 Å². The minimum Gasteiger partial charge on any atom is -0.469 e. The highest BCUT2D eigenvalue weighted by atomic mass is 16.5. The maximum atomic E-state index is 11.7. The second-order valence-corrected chi connectivity index (χ2v) is 11.6. The highest BCUT2D eigenvalue weighted by Crippen LogP contribution is 2.68. The number of carbonyl (C=O) groups is 1. The van der Waals surface area contributed by atoms with Crippen LogP contribution in [-0.2, 0) is 14.3 Å². The summed E-state index contributed by atoms with van der Waals surface area (Å²) in [5.74, 6) is 5.02. The van der Waals surface area contributed by atoms with Crippen LogP contribution >= 0.6 is 0 Å². The molecule has 0 heterocycles. The van der Waals surface area contributed by atoms with E-state index in [9.17, 15) is 4.79 Å². The van der Waals surface area contributed by atoms with Crippen LogP contribution in [0.25, 0.3) is 0 Å². The Morgan fingerprint density at radius 2 is 1.69 bits per heavy atom. The van der Waals surface area contributed by atoms with Crippen LogP contribution in [0.1, 0.15) is 91.4 Å². The summed E-state index contributed by atoms with van der Waals surface area (Å²) in [6, 6.07) is 0. The van der Waals surface area contributed by atoms with Gasteiger partial charge in [0.2, 0.25) is 0 Å². The summed E-state index contributed by atoms with van der Waals surface area (Å²) in [5, 5.41) is 0. The summed E-state index contributed by atoms with van der Waals surface area (Å²) in [5.41, 5.74) is 1.04. The van der Waals surface area contributed by atoms with Crippen molar-refractivity contribution in [2.24, 2.45) is 46.3 Å². The molecule has 9 atom stereocenters. The van der Waals surface area contributed by atoms with Gasteiger partial charge in [-0.25, -0.2) is 0 Å². The van der Waals surface area contributed by atoms with Gasteiger partial charge in [-0.15, -0.1) is 0 Å². The van der Waals surface area contributed by atoms with Crippen LogP contribution in [0.4, 0.5) is 0 Å². The number of hydrogen-bond acceptors (Lipinski definition) is 3. The van der Waals surface area contributed by atoms with E-state index >= 15 is 0 Å². The molecule has 29 heavy (non-hydrogen) atoms. The van der Waals surface area contributed by atoms with Gasteiger partial charge in [0.15, 0.2) is 0 Å². The third-order valence-electron chi connectivity index (χ3n) is 10.7. The van der Waals surface area contributed by atoms with Gasteiger partial charge in [-0.3, -0.25) is 4.79 Å². The lowest BCUT2D eigenvalue weighted by Crippen LogP contribution is -2.54. The first-order valence-corrected chi connectivity index (χ1v) is 12.4. The van der Waals surface area contributed by atoms with Crippen LogP contribution < -0.4 is 0 Å². The van der Waals surface area contributed by atoms with Crippen molar-refractivity contribution in [1.29, 1.82) is 0 Å². The highest BCUT2D eigenvalue weighted by Gasteiger charge is 2.60. The zero-order valence-electron chi connectivity index (χ0n) is 19.5. The van der Waals surface area contributed by atoms with Gasteiger partial charge in [0, 0.05) is 13.5 Å². The van der Waals surface area contributed by atoms with Gasteiger partial charge in [0.25, 0.3) is 0 Å². The Bertz CT molecular complexity index is 603. The van der Waals surface area contributed by atoms with Crippen LogP contribution in [0.2, 0.25) is 0 Å². The molecule has 0 aromatic rings. The van der Waals surface area contributed by atoms with Crippen LogP contribution in [0.3, 0.4) is 0 Å². The van der Waals surface area contributed by atoms with E-state index in [0.29, 0.717) is 29.3 Å². The third kappa shape index (κ3) is 3.58. The van der Waals surface area contributed by atoms with Crippen molar-refractivity contribution in [1.82, 2.24) is 0 Å². The molecular weight excluding hydrogens is 360 g/mol. The highest BCUT2D eigenvalue weighted by molar-refractivity contribution is 5.69. The number of rotatable bonds is 5. The predicted molar refractivity (Wildman–Crippen MR) is 116 cm³/mol. The number of methoxy groups -OCH3 is 2. The standard InChI is InChI=1S/C26H44O3/c1-17(6-11-24(27)29-5)21-9-10-22-20-8-7-18-16-19(28-4)12-14-25(18,2)23(20)13-15-26(21,22)3/h17-23H,6-16H2,1-5H3/t17-,18?,19-,20+,21-,22+,23+,25+,26-/m1/s1. The molecule has 166 valence electrons. The molecule has 0 bridgehead atoms. The molecule has 4 aliphatic carbocycles. The molecule has 4 rings (SSSR count). The topological polar surface area (TPSA) is 35.5 Å². The summed E-state index contributed by atoms with van der Waals surface area (Å²) in [6.07, 6.45) is 14.5. The van der Waals surface area contributed by atoms with Crippen LogP contribution in [0.5, 0.6) is 0 Å². The third-order valence-corrected chi connectivity index (χ3v) is 10.7. The average molecular weight is 405 g/mol. The molecule has 0 spiro atoms. The number of fused-ring (bicyclic) bond motifs is 5. The van der Waals surface area contributed by atoms with E-state index in [0.717, 1.165) is 36.0 Å². The molecule has 4 aliphatic rings. The van der Waals surface area contributed by atoms with E-state index in [1.807, 2.05) is 7.11 Å². The quantitative estimate of drug-likeness (QED) is 0.508. The molecular formula is C26H44O3. The van der Waals surface area contributed by atoms with E-state index in [1.54, 1.807) is 0 Å². The zero-order valence-corrected chi connectivity index (χ0v) is 19.5. The molecule has 0 aromatic heterocycles. The van der Waals surface area contributed by atoms with Gasteiger partial charge in [0.1, 0.15) is 0 Å². The first-order valence-electron chi connectivity index (χ1n) is 12.4. The second-order valence-electron chi connectivity index (χ2n) is 11.6. The number of hydrogen-bond donors (Lipinski definition) is 0. The Labute approximate surface area is 178 Å². The van der Waals surface area contributed by atoms with Gasteiger partial charge in [-0.05, 0) is 111 Å². The van der Waals surface area contributed by atoms with Gasteiger partial charge in [0.05, 0.1) is 13.2 Å². The van der Waals surface area contributed by atoms with E-state index in [2.05, 4.69) is 20.8 Å². The summed E-state index contributed by atoms with van der Waals surface area (Å²) >= 11 is 0. The number of esters is 1. The molecule has 0 aromatic carbocycles. The molecule has 0 saturated heterocycles.